The van der Waals surface area contributed by atoms with E-state index in [1.54, 1.807) is 6.07 Å². The first-order valence-electron chi connectivity index (χ1n) is 10.7. The topological polar surface area (TPSA) is 131 Å². The molecule has 0 radical (unpaired) electrons. The summed E-state index contributed by atoms with van der Waals surface area (Å²) >= 11 is 0. The first-order valence-corrected chi connectivity index (χ1v) is 10.7. The molecule has 3 rings (SSSR count). The monoisotopic (exact) mass is 484 g/mol. The lowest BCUT2D eigenvalue weighted by molar-refractivity contribution is -0.133. The molecule has 0 aliphatic heterocycles. The van der Waals surface area contributed by atoms with Crippen LogP contribution in [0.2, 0.25) is 0 Å². The molecular weight excluding hydrogens is 457 g/mol. The van der Waals surface area contributed by atoms with Gasteiger partial charge in [-0.15, -0.1) is 0 Å². The number of alkyl carbamates (subject to hydrolysis) is 1. The van der Waals surface area contributed by atoms with Crippen molar-refractivity contribution in [2.24, 2.45) is 5.41 Å². The highest BCUT2D eigenvalue weighted by atomic mass is 19.4. The molecule has 1 aliphatic carbocycles. The number of carbonyl (C=O) groups excluding carboxylic acids is 2. The molecule has 186 valence electrons. The Balaban J connectivity index is 1.44. The minimum absolute atomic E-state index is 0.0308. The molecule has 2 heterocycles. The van der Waals surface area contributed by atoms with Crippen LogP contribution in [0.25, 0.3) is 0 Å². The van der Waals surface area contributed by atoms with Gasteiger partial charge in [0.2, 0.25) is 11.8 Å². The fourth-order valence-corrected chi connectivity index (χ4v) is 3.82. The van der Waals surface area contributed by atoms with Crippen LogP contribution < -0.4 is 15.4 Å². The molecule has 2 atom stereocenters. The Bertz CT molecular complexity index is 982. The summed E-state index contributed by atoms with van der Waals surface area (Å²) < 4.78 is 46.6. The van der Waals surface area contributed by atoms with E-state index in [0.717, 1.165) is 18.5 Å². The van der Waals surface area contributed by atoms with Gasteiger partial charge in [0.1, 0.15) is 0 Å². The SMILES string of the molecule is COc1cnc(CC(=O)Nc2cc([C@H]3CC[C@](C)(COC(=O)NCCC(F)(F)F)C3)[nH]n2)cn1. The molecule has 0 unspecified atom stereocenters. The van der Waals surface area contributed by atoms with Crippen LogP contribution in [0.15, 0.2) is 18.5 Å². The molecule has 13 heteroatoms. The summed E-state index contributed by atoms with van der Waals surface area (Å²) in [6.07, 6.45) is -1.09. The van der Waals surface area contributed by atoms with Crippen LogP contribution in [0.3, 0.4) is 0 Å². The summed E-state index contributed by atoms with van der Waals surface area (Å²) in [6, 6.07) is 1.76. The third kappa shape index (κ3) is 7.59. The number of amides is 2. The average molecular weight is 484 g/mol. The fourth-order valence-electron chi connectivity index (χ4n) is 3.82. The van der Waals surface area contributed by atoms with Crippen molar-refractivity contribution in [3.05, 3.63) is 29.8 Å². The van der Waals surface area contributed by atoms with Crippen LogP contribution >= 0.6 is 0 Å². The first kappa shape index (κ1) is 25.2. The van der Waals surface area contributed by atoms with Gasteiger partial charge in [0.25, 0.3) is 0 Å². The number of carbonyl (C=O) groups is 2. The molecule has 0 aromatic carbocycles. The number of H-pyrrole nitrogens is 1. The number of aromatic amines is 1. The molecule has 10 nitrogen and oxygen atoms in total. The van der Waals surface area contributed by atoms with Crippen molar-refractivity contribution in [2.45, 2.75) is 51.1 Å². The number of methoxy groups -OCH3 is 1. The number of ether oxygens (including phenoxy) is 2. The van der Waals surface area contributed by atoms with Gasteiger partial charge < -0.3 is 20.1 Å². The Hall–Kier alpha value is -3.38. The summed E-state index contributed by atoms with van der Waals surface area (Å²) in [5.41, 5.74) is 1.02. The van der Waals surface area contributed by atoms with E-state index in [0.29, 0.717) is 23.8 Å². The molecule has 1 fully saturated rings. The van der Waals surface area contributed by atoms with E-state index in [4.69, 9.17) is 9.47 Å². The van der Waals surface area contributed by atoms with Gasteiger partial charge in [-0.1, -0.05) is 6.92 Å². The Labute approximate surface area is 194 Å². The minimum Gasteiger partial charge on any atom is -0.480 e. The molecular formula is C21H27F3N6O4. The number of hydrogen-bond donors (Lipinski definition) is 3. The number of hydrogen-bond acceptors (Lipinski definition) is 7. The van der Waals surface area contributed by atoms with Crippen molar-refractivity contribution in [2.75, 3.05) is 25.6 Å². The average Bonchev–Trinajstić information content (AvgIpc) is 3.39. The summed E-state index contributed by atoms with van der Waals surface area (Å²) in [7, 11) is 1.48. The number of nitrogens with one attached hydrogen (secondary N) is 3. The molecule has 0 saturated heterocycles. The fraction of sp³-hybridized carbons (Fsp3) is 0.571. The minimum atomic E-state index is -4.33. The highest BCUT2D eigenvalue weighted by molar-refractivity contribution is 5.91. The number of rotatable bonds is 9. The van der Waals surface area contributed by atoms with Crippen LogP contribution in [0.1, 0.15) is 49.9 Å². The van der Waals surface area contributed by atoms with Gasteiger partial charge in [0.05, 0.1) is 44.6 Å². The predicted octanol–water partition coefficient (Wildman–Crippen LogP) is 3.34. The van der Waals surface area contributed by atoms with E-state index in [2.05, 4.69) is 30.8 Å². The molecule has 2 amide bonds. The summed E-state index contributed by atoms with van der Waals surface area (Å²) in [5.74, 6) is 0.568. The molecule has 3 N–H and O–H groups in total. The van der Waals surface area contributed by atoms with Gasteiger partial charge in [-0.25, -0.2) is 9.78 Å². The summed E-state index contributed by atoms with van der Waals surface area (Å²) in [4.78, 5) is 32.1. The first-order chi connectivity index (χ1) is 16.0. The third-order valence-corrected chi connectivity index (χ3v) is 5.60. The number of anilines is 1. The van der Waals surface area contributed by atoms with Gasteiger partial charge in [0, 0.05) is 29.6 Å². The van der Waals surface area contributed by atoms with Gasteiger partial charge >= 0.3 is 12.3 Å². The molecule has 0 bridgehead atoms. The molecule has 0 spiro atoms. The van der Waals surface area contributed by atoms with Crippen molar-refractivity contribution in [3.8, 4) is 5.88 Å². The molecule has 1 saturated carbocycles. The lowest BCUT2D eigenvalue weighted by Crippen LogP contribution is -2.31. The van der Waals surface area contributed by atoms with Crippen LogP contribution in [0.5, 0.6) is 5.88 Å². The van der Waals surface area contributed by atoms with Gasteiger partial charge in [-0.2, -0.15) is 18.3 Å². The maximum atomic E-state index is 12.3. The Morgan fingerprint density at radius 3 is 2.76 bits per heavy atom. The highest BCUT2D eigenvalue weighted by Crippen LogP contribution is 2.46. The summed E-state index contributed by atoms with van der Waals surface area (Å²) in [6.45, 7) is 1.54. The molecule has 2 aromatic heterocycles. The second kappa shape index (κ2) is 10.7. The lowest BCUT2D eigenvalue weighted by Gasteiger charge is -2.23. The normalized spacial score (nSPS) is 20.1. The van der Waals surface area contributed by atoms with Gasteiger partial charge in [-0.05, 0) is 19.3 Å². The van der Waals surface area contributed by atoms with Gasteiger partial charge in [0.15, 0.2) is 5.82 Å². The largest absolute Gasteiger partial charge is 0.480 e. The van der Waals surface area contributed by atoms with E-state index in [1.165, 1.54) is 19.5 Å². The van der Waals surface area contributed by atoms with Crippen LogP contribution in [-0.2, 0) is 16.0 Å². The van der Waals surface area contributed by atoms with Crippen molar-refractivity contribution >= 4 is 17.8 Å². The van der Waals surface area contributed by atoms with E-state index in [-0.39, 0.29) is 30.3 Å². The number of alkyl halides is 3. The Kier molecular flexibility index (Phi) is 7.94. The zero-order valence-electron chi connectivity index (χ0n) is 18.9. The van der Waals surface area contributed by atoms with E-state index in [1.807, 2.05) is 6.92 Å². The zero-order valence-corrected chi connectivity index (χ0v) is 18.9. The van der Waals surface area contributed by atoms with Crippen LogP contribution in [0.4, 0.5) is 23.8 Å². The second-order valence-electron chi connectivity index (χ2n) is 8.60. The van der Waals surface area contributed by atoms with Crippen LogP contribution in [-0.4, -0.2) is 58.6 Å². The third-order valence-electron chi connectivity index (χ3n) is 5.60. The van der Waals surface area contributed by atoms with E-state index < -0.39 is 25.2 Å². The standard InChI is InChI=1S/C21H27F3N6O4/c1-20(12-34-19(32)25-6-5-21(22,23)24)4-3-13(9-20)15-8-16(30-29-15)28-17(31)7-14-10-27-18(33-2)11-26-14/h8,10-11,13H,3-7,9,12H2,1-2H3,(H,25,32)(H2,28,29,30,31)/t13-,20-/m0/s1. The van der Waals surface area contributed by atoms with Gasteiger partial charge in [-0.3, -0.25) is 14.9 Å². The predicted molar refractivity (Wildman–Crippen MR) is 114 cm³/mol. The maximum absolute atomic E-state index is 12.3. The molecule has 1 aliphatic rings. The highest BCUT2D eigenvalue weighted by Gasteiger charge is 2.38. The smallest absolute Gasteiger partial charge is 0.407 e. The Morgan fingerprint density at radius 2 is 2.09 bits per heavy atom. The number of nitrogens with zero attached hydrogens (tertiary/aromatic N) is 3. The van der Waals surface area contributed by atoms with Crippen molar-refractivity contribution in [3.63, 3.8) is 0 Å². The maximum Gasteiger partial charge on any atom is 0.407 e. The van der Waals surface area contributed by atoms with Crippen LogP contribution in [0, 0.1) is 5.41 Å². The second-order valence-corrected chi connectivity index (χ2v) is 8.60. The van der Waals surface area contributed by atoms with E-state index >= 15 is 0 Å². The Morgan fingerprint density at radius 1 is 1.29 bits per heavy atom. The number of aromatic nitrogens is 4. The van der Waals surface area contributed by atoms with E-state index in [9.17, 15) is 22.8 Å². The number of halogens is 3. The molecule has 34 heavy (non-hydrogen) atoms. The van der Waals surface area contributed by atoms with Crippen molar-refractivity contribution in [1.29, 1.82) is 0 Å². The summed E-state index contributed by atoms with van der Waals surface area (Å²) in [5, 5.41) is 11.9. The molecule has 2 aromatic rings. The van der Waals surface area contributed by atoms with Crippen molar-refractivity contribution in [1.82, 2.24) is 25.5 Å². The quantitative estimate of drug-likeness (QED) is 0.497. The van der Waals surface area contributed by atoms with Crippen molar-refractivity contribution < 1.29 is 32.2 Å². The lowest BCUT2D eigenvalue weighted by atomic mass is 9.88. The zero-order chi connectivity index (χ0) is 24.8.